The molecule has 2 aromatic rings. The maximum atomic E-state index is 12.2. The highest BCUT2D eigenvalue weighted by Crippen LogP contribution is 2.39. The molecule has 2 aromatic carbocycles. The topological polar surface area (TPSA) is 48.0 Å². The highest BCUT2D eigenvalue weighted by atomic mass is 16.5. The Balaban J connectivity index is 2.00. The van der Waals surface area contributed by atoms with Crippen LogP contribution < -0.4 is 14.2 Å². The molecule has 1 amide bonds. The number of carbonyl (C=O) groups is 1. The first-order valence-electron chi connectivity index (χ1n) is 8.72. The standard InChI is InChI=1S/C21H25NO4/c1-14(23)22-10-9-16-12-20(25-3)21(26-4)13-18(16)19(22)11-15-5-7-17(24-2)8-6-15/h5-8,12-13,19H,9-11H2,1-4H3/t19-/m0/s1. The Morgan fingerprint density at radius 1 is 1.04 bits per heavy atom. The number of hydrogen-bond acceptors (Lipinski definition) is 4. The Kier molecular flexibility index (Phi) is 5.35. The fourth-order valence-electron chi connectivity index (χ4n) is 3.61. The van der Waals surface area contributed by atoms with E-state index in [1.807, 2.05) is 41.3 Å². The maximum absolute atomic E-state index is 12.2. The van der Waals surface area contributed by atoms with Crippen LogP contribution in [0.3, 0.4) is 0 Å². The van der Waals surface area contributed by atoms with Gasteiger partial charge in [-0.15, -0.1) is 0 Å². The van der Waals surface area contributed by atoms with Crippen LogP contribution in [-0.2, 0) is 17.6 Å². The Hall–Kier alpha value is -2.69. The zero-order chi connectivity index (χ0) is 18.7. The lowest BCUT2D eigenvalue weighted by atomic mass is 9.88. The largest absolute Gasteiger partial charge is 0.497 e. The fraction of sp³-hybridized carbons (Fsp3) is 0.381. The minimum Gasteiger partial charge on any atom is -0.497 e. The average molecular weight is 355 g/mol. The maximum Gasteiger partial charge on any atom is 0.219 e. The predicted octanol–water partition coefficient (Wildman–Crippen LogP) is 3.40. The monoisotopic (exact) mass is 355 g/mol. The molecule has 0 unspecified atom stereocenters. The molecule has 5 heteroatoms. The lowest BCUT2D eigenvalue weighted by Crippen LogP contribution is -2.39. The first-order chi connectivity index (χ1) is 12.6. The summed E-state index contributed by atoms with van der Waals surface area (Å²) in [5.41, 5.74) is 3.49. The molecule has 5 nitrogen and oxygen atoms in total. The van der Waals surface area contributed by atoms with Crippen molar-refractivity contribution >= 4 is 5.91 Å². The lowest BCUT2D eigenvalue weighted by Gasteiger charge is -2.37. The number of nitrogens with zero attached hydrogens (tertiary/aromatic N) is 1. The number of methoxy groups -OCH3 is 3. The molecule has 1 aliphatic rings. The molecule has 0 spiro atoms. The molecule has 0 aliphatic carbocycles. The van der Waals surface area contributed by atoms with Gasteiger partial charge in [0.25, 0.3) is 0 Å². The molecular formula is C21H25NO4. The van der Waals surface area contributed by atoms with E-state index in [0.29, 0.717) is 12.3 Å². The number of ether oxygens (including phenoxy) is 3. The van der Waals surface area contributed by atoms with Crippen LogP contribution in [0.4, 0.5) is 0 Å². The van der Waals surface area contributed by atoms with Gasteiger partial charge < -0.3 is 19.1 Å². The third-order valence-electron chi connectivity index (χ3n) is 5.00. The molecular weight excluding hydrogens is 330 g/mol. The number of fused-ring (bicyclic) bond motifs is 1. The second-order valence-electron chi connectivity index (χ2n) is 6.44. The molecule has 0 radical (unpaired) electrons. The number of benzene rings is 2. The fourth-order valence-corrected chi connectivity index (χ4v) is 3.61. The van der Waals surface area contributed by atoms with Gasteiger partial charge in [-0.2, -0.15) is 0 Å². The Morgan fingerprint density at radius 3 is 2.27 bits per heavy atom. The summed E-state index contributed by atoms with van der Waals surface area (Å²) < 4.78 is 16.2. The summed E-state index contributed by atoms with van der Waals surface area (Å²) in [4.78, 5) is 14.2. The van der Waals surface area contributed by atoms with Gasteiger partial charge in [-0.1, -0.05) is 12.1 Å². The quantitative estimate of drug-likeness (QED) is 0.825. The molecule has 26 heavy (non-hydrogen) atoms. The molecule has 0 saturated carbocycles. The zero-order valence-electron chi connectivity index (χ0n) is 15.7. The van der Waals surface area contributed by atoms with E-state index in [0.717, 1.165) is 35.5 Å². The van der Waals surface area contributed by atoms with Crippen molar-refractivity contribution in [3.8, 4) is 17.2 Å². The van der Waals surface area contributed by atoms with E-state index in [9.17, 15) is 4.79 Å². The lowest BCUT2D eigenvalue weighted by molar-refractivity contribution is -0.131. The van der Waals surface area contributed by atoms with Crippen molar-refractivity contribution in [2.24, 2.45) is 0 Å². The molecule has 1 atom stereocenters. The summed E-state index contributed by atoms with van der Waals surface area (Å²) in [5, 5.41) is 0. The van der Waals surface area contributed by atoms with Crippen LogP contribution in [0.15, 0.2) is 36.4 Å². The van der Waals surface area contributed by atoms with Gasteiger partial charge in [0.2, 0.25) is 5.91 Å². The molecule has 0 bridgehead atoms. The van der Waals surface area contributed by atoms with Gasteiger partial charge in [0.1, 0.15) is 5.75 Å². The molecule has 3 rings (SSSR count). The van der Waals surface area contributed by atoms with Crippen molar-refractivity contribution in [3.05, 3.63) is 53.1 Å². The van der Waals surface area contributed by atoms with Gasteiger partial charge in [-0.05, 0) is 53.8 Å². The summed E-state index contributed by atoms with van der Waals surface area (Å²) in [7, 11) is 4.93. The van der Waals surface area contributed by atoms with E-state index >= 15 is 0 Å². The number of carbonyl (C=O) groups excluding carboxylic acids is 1. The van der Waals surface area contributed by atoms with Gasteiger partial charge in [0.15, 0.2) is 11.5 Å². The first-order valence-corrected chi connectivity index (χ1v) is 8.72. The van der Waals surface area contributed by atoms with E-state index in [4.69, 9.17) is 14.2 Å². The van der Waals surface area contributed by atoms with Crippen LogP contribution in [0, 0.1) is 0 Å². The van der Waals surface area contributed by atoms with E-state index in [1.54, 1.807) is 28.3 Å². The number of hydrogen-bond donors (Lipinski definition) is 0. The normalized spacial score (nSPS) is 16.0. The van der Waals surface area contributed by atoms with E-state index in [2.05, 4.69) is 0 Å². The molecule has 0 saturated heterocycles. The summed E-state index contributed by atoms with van der Waals surface area (Å²) in [6.07, 6.45) is 1.56. The van der Waals surface area contributed by atoms with Crippen molar-refractivity contribution in [3.63, 3.8) is 0 Å². The van der Waals surface area contributed by atoms with Crippen LogP contribution in [0.5, 0.6) is 17.2 Å². The molecule has 1 aliphatic heterocycles. The minimum atomic E-state index is -0.0237. The van der Waals surface area contributed by atoms with Gasteiger partial charge in [-0.25, -0.2) is 0 Å². The van der Waals surface area contributed by atoms with Crippen LogP contribution in [0.25, 0.3) is 0 Å². The van der Waals surface area contributed by atoms with Gasteiger partial charge in [0.05, 0.1) is 27.4 Å². The van der Waals surface area contributed by atoms with Crippen molar-refractivity contribution < 1.29 is 19.0 Å². The Morgan fingerprint density at radius 2 is 1.69 bits per heavy atom. The highest BCUT2D eigenvalue weighted by Gasteiger charge is 2.30. The summed E-state index contributed by atoms with van der Waals surface area (Å²) in [5.74, 6) is 2.33. The van der Waals surface area contributed by atoms with Crippen LogP contribution in [0.2, 0.25) is 0 Å². The molecule has 0 fully saturated rings. The molecule has 138 valence electrons. The van der Waals surface area contributed by atoms with Crippen molar-refractivity contribution in [2.75, 3.05) is 27.9 Å². The number of rotatable bonds is 5. The van der Waals surface area contributed by atoms with E-state index in [1.165, 1.54) is 5.56 Å². The van der Waals surface area contributed by atoms with Crippen LogP contribution >= 0.6 is 0 Å². The van der Waals surface area contributed by atoms with Crippen molar-refractivity contribution in [1.29, 1.82) is 0 Å². The summed E-state index contributed by atoms with van der Waals surface area (Å²) in [6, 6.07) is 12.0. The first kappa shape index (κ1) is 18.1. The molecule has 0 aromatic heterocycles. The SMILES string of the molecule is COc1ccc(C[C@H]2c3cc(OC)c(OC)cc3CCN2C(C)=O)cc1. The summed E-state index contributed by atoms with van der Waals surface area (Å²) in [6.45, 7) is 2.34. The third-order valence-corrected chi connectivity index (χ3v) is 5.00. The van der Waals surface area contributed by atoms with Crippen molar-refractivity contribution in [1.82, 2.24) is 4.90 Å². The minimum absolute atomic E-state index is 0.0237. The predicted molar refractivity (Wildman–Crippen MR) is 100 cm³/mol. The second-order valence-corrected chi connectivity index (χ2v) is 6.44. The second kappa shape index (κ2) is 7.68. The van der Waals surface area contributed by atoms with Gasteiger partial charge in [0, 0.05) is 13.5 Å². The van der Waals surface area contributed by atoms with Gasteiger partial charge >= 0.3 is 0 Å². The van der Waals surface area contributed by atoms with E-state index in [-0.39, 0.29) is 11.9 Å². The van der Waals surface area contributed by atoms with E-state index < -0.39 is 0 Å². The van der Waals surface area contributed by atoms with Crippen LogP contribution in [0.1, 0.15) is 29.7 Å². The van der Waals surface area contributed by atoms with Crippen molar-refractivity contribution in [2.45, 2.75) is 25.8 Å². The third kappa shape index (κ3) is 3.47. The highest BCUT2D eigenvalue weighted by molar-refractivity contribution is 5.74. The average Bonchev–Trinajstić information content (AvgIpc) is 2.67. The Bertz CT molecular complexity index is 785. The Labute approximate surface area is 154 Å². The molecule has 1 heterocycles. The van der Waals surface area contributed by atoms with Crippen LogP contribution in [-0.4, -0.2) is 38.7 Å². The zero-order valence-corrected chi connectivity index (χ0v) is 15.7. The smallest absolute Gasteiger partial charge is 0.219 e. The van der Waals surface area contributed by atoms with Gasteiger partial charge in [-0.3, -0.25) is 4.79 Å². The number of amides is 1. The summed E-state index contributed by atoms with van der Waals surface area (Å²) >= 11 is 0. The molecule has 0 N–H and O–H groups in total.